The Morgan fingerprint density at radius 1 is 1.00 bits per heavy atom. The van der Waals surface area contributed by atoms with Gasteiger partial charge in [-0.2, -0.15) is 0 Å². The molecule has 7 nitrogen and oxygen atoms in total. The zero-order valence-corrected chi connectivity index (χ0v) is 19.3. The van der Waals surface area contributed by atoms with Gasteiger partial charge in [-0.15, -0.1) is 0 Å². The molecule has 7 heteroatoms. The minimum atomic E-state index is -1.03. The fourth-order valence-electron chi connectivity index (χ4n) is 4.74. The van der Waals surface area contributed by atoms with Crippen LogP contribution in [0.4, 0.5) is 0 Å². The van der Waals surface area contributed by atoms with Crippen LogP contribution in [0.25, 0.3) is 10.9 Å². The highest BCUT2D eigenvalue weighted by Gasteiger charge is 2.21. The number of hydrogen-bond donors (Lipinski definition) is 2. The van der Waals surface area contributed by atoms with E-state index in [0.29, 0.717) is 34.5 Å². The zero-order valence-electron chi connectivity index (χ0n) is 19.3. The molecular weight excluding hydrogens is 446 g/mol. The number of nitrogens with zero attached hydrogens (tertiary/aromatic N) is 1. The van der Waals surface area contributed by atoms with Crippen molar-refractivity contribution in [2.45, 2.75) is 32.9 Å². The number of ether oxygens (including phenoxy) is 2. The van der Waals surface area contributed by atoms with Crippen molar-refractivity contribution in [2.24, 2.45) is 0 Å². The summed E-state index contributed by atoms with van der Waals surface area (Å²) in [6.07, 6.45) is 0.996. The largest absolute Gasteiger partial charge is 0.478 e. The number of aromatic carboxylic acids is 1. The van der Waals surface area contributed by atoms with E-state index in [1.807, 2.05) is 34.9 Å². The average Bonchev–Trinajstić information content (AvgIpc) is 3.34. The van der Waals surface area contributed by atoms with Crippen molar-refractivity contribution < 1.29 is 24.5 Å². The van der Waals surface area contributed by atoms with Gasteiger partial charge < -0.3 is 24.3 Å². The summed E-state index contributed by atoms with van der Waals surface area (Å²) in [5.41, 5.74) is 4.47. The Kier molecular flexibility index (Phi) is 6.01. The molecule has 2 N–H and O–H groups in total. The topological polar surface area (TPSA) is 98.0 Å². The van der Waals surface area contributed by atoms with Crippen molar-refractivity contribution in [1.82, 2.24) is 4.57 Å². The van der Waals surface area contributed by atoms with E-state index in [4.69, 9.17) is 9.47 Å². The van der Waals surface area contributed by atoms with Crippen LogP contribution >= 0.6 is 0 Å². The van der Waals surface area contributed by atoms with E-state index in [9.17, 15) is 19.8 Å². The smallest absolute Gasteiger partial charge is 0.335 e. The number of rotatable bonds is 7. The summed E-state index contributed by atoms with van der Waals surface area (Å²) in [7, 11) is 0. The van der Waals surface area contributed by atoms with E-state index in [0.717, 1.165) is 28.8 Å². The third-order valence-corrected chi connectivity index (χ3v) is 6.50. The number of fused-ring (bicyclic) bond motifs is 2. The molecule has 178 valence electrons. The predicted molar refractivity (Wildman–Crippen MR) is 131 cm³/mol. The van der Waals surface area contributed by atoms with Crippen molar-refractivity contribution in [3.05, 3.63) is 104 Å². The van der Waals surface area contributed by atoms with E-state index in [2.05, 4.69) is 6.92 Å². The summed E-state index contributed by atoms with van der Waals surface area (Å²) in [5, 5.41) is 20.4. The minimum Gasteiger partial charge on any atom is -0.478 e. The number of aromatic nitrogens is 1. The second kappa shape index (κ2) is 9.27. The molecule has 3 aromatic carbocycles. The van der Waals surface area contributed by atoms with Gasteiger partial charge in [-0.05, 0) is 59.5 Å². The summed E-state index contributed by atoms with van der Waals surface area (Å²) in [6, 6.07) is 17.8. The summed E-state index contributed by atoms with van der Waals surface area (Å²) in [5.74, 6) is 0.371. The predicted octanol–water partition coefficient (Wildman–Crippen LogP) is 4.12. The maximum absolute atomic E-state index is 13.5. The highest BCUT2D eigenvalue weighted by atomic mass is 16.7. The number of hydrogen-bond acceptors (Lipinski definition) is 5. The van der Waals surface area contributed by atoms with Gasteiger partial charge in [0.1, 0.15) is 0 Å². The third-order valence-electron chi connectivity index (χ3n) is 6.50. The summed E-state index contributed by atoms with van der Waals surface area (Å²) in [4.78, 5) is 25.0. The van der Waals surface area contributed by atoms with Gasteiger partial charge in [-0.1, -0.05) is 31.2 Å². The lowest BCUT2D eigenvalue weighted by atomic mass is 9.98. The SMILES string of the molecule is CCc1cc2c(cc1Cn1c(CO)c(Cc3cccc(C(=O)O)c3)c(=O)c3ccccc31)OCO2. The van der Waals surface area contributed by atoms with Crippen LogP contribution in [0.2, 0.25) is 0 Å². The van der Waals surface area contributed by atoms with Crippen molar-refractivity contribution in [2.75, 3.05) is 6.79 Å². The summed E-state index contributed by atoms with van der Waals surface area (Å²) < 4.78 is 13.1. The van der Waals surface area contributed by atoms with Gasteiger partial charge in [-0.3, -0.25) is 4.79 Å². The Morgan fingerprint density at radius 3 is 2.46 bits per heavy atom. The molecule has 0 aliphatic carbocycles. The molecule has 0 unspecified atom stereocenters. The first-order valence-corrected chi connectivity index (χ1v) is 11.5. The van der Waals surface area contributed by atoms with E-state index >= 15 is 0 Å². The van der Waals surface area contributed by atoms with Crippen LogP contribution < -0.4 is 14.9 Å². The van der Waals surface area contributed by atoms with Crippen molar-refractivity contribution in [3.63, 3.8) is 0 Å². The second-order valence-electron chi connectivity index (χ2n) is 8.53. The monoisotopic (exact) mass is 471 g/mol. The minimum absolute atomic E-state index is 0.155. The Labute approximate surface area is 201 Å². The lowest BCUT2D eigenvalue weighted by Crippen LogP contribution is -2.22. The number of aliphatic hydroxyl groups is 1. The molecule has 1 aromatic heterocycles. The first-order valence-electron chi connectivity index (χ1n) is 11.5. The number of carbonyl (C=O) groups is 1. The molecule has 2 heterocycles. The highest BCUT2D eigenvalue weighted by Crippen LogP contribution is 2.36. The van der Waals surface area contributed by atoms with Crippen molar-refractivity contribution in [1.29, 1.82) is 0 Å². The van der Waals surface area contributed by atoms with Crippen LogP contribution in [0, 0.1) is 0 Å². The number of pyridine rings is 1. The fourth-order valence-corrected chi connectivity index (χ4v) is 4.74. The molecule has 0 bridgehead atoms. The fraction of sp³-hybridized carbons (Fsp3) is 0.214. The molecule has 0 saturated carbocycles. The number of benzene rings is 3. The van der Waals surface area contributed by atoms with Gasteiger partial charge >= 0.3 is 5.97 Å². The van der Waals surface area contributed by atoms with Gasteiger partial charge in [0, 0.05) is 23.9 Å². The van der Waals surface area contributed by atoms with Crippen LogP contribution in [0.5, 0.6) is 11.5 Å². The molecule has 0 fully saturated rings. The van der Waals surface area contributed by atoms with Gasteiger partial charge in [0.05, 0.1) is 23.4 Å². The van der Waals surface area contributed by atoms with Crippen LogP contribution in [0.1, 0.15) is 45.2 Å². The lowest BCUT2D eigenvalue weighted by Gasteiger charge is -2.21. The van der Waals surface area contributed by atoms with Crippen LogP contribution in [0.15, 0.2) is 65.5 Å². The number of aryl methyl sites for hydroxylation is 1. The van der Waals surface area contributed by atoms with Crippen molar-refractivity contribution >= 4 is 16.9 Å². The zero-order chi connectivity index (χ0) is 24.5. The quantitative estimate of drug-likeness (QED) is 0.421. The molecule has 35 heavy (non-hydrogen) atoms. The Balaban J connectivity index is 1.68. The second-order valence-corrected chi connectivity index (χ2v) is 8.53. The van der Waals surface area contributed by atoms with E-state index in [1.165, 1.54) is 6.07 Å². The molecule has 0 spiro atoms. The van der Waals surface area contributed by atoms with E-state index in [1.54, 1.807) is 24.3 Å². The van der Waals surface area contributed by atoms with Gasteiger partial charge in [0.2, 0.25) is 6.79 Å². The normalized spacial score (nSPS) is 12.3. The lowest BCUT2D eigenvalue weighted by molar-refractivity contribution is 0.0696. The third kappa shape index (κ3) is 4.15. The maximum atomic E-state index is 13.5. The highest BCUT2D eigenvalue weighted by molar-refractivity contribution is 5.87. The van der Waals surface area contributed by atoms with Crippen LogP contribution in [0.3, 0.4) is 0 Å². The molecular formula is C28H25NO6. The van der Waals surface area contributed by atoms with Gasteiger partial charge in [-0.25, -0.2) is 4.79 Å². The Hall–Kier alpha value is -4.10. The molecule has 0 atom stereocenters. The van der Waals surface area contributed by atoms with Crippen LogP contribution in [-0.4, -0.2) is 27.5 Å². The number of para-hydroxylation sites is 1. The van der Waals surface area contributed by atoms with E-state index in [-0.39, 0.29) is 30.8 Å². The molecule has 0 saturated heterocycles. The molecule has 5 rings (SSSR count). The average molecular weight is 472 g/mol. The first-order chi connectivity index (χ1) is 17.0. The van der Waals surface area contributed by atoms with Crippen molar-refractivity contribution in [3.8, 4) is 11.5 Å². The number of carboxylic acids is 1. The Morgan fingerprint density at radius 2 is 1.74 bits per heavy atom. The van der Waals surface area contributed by atoms with E-state index < -0.39 is 5.97 Å². The van der Waals surface area contributed by atoms with Gasteiger partial charge in [0.15, 0.2) is 16.9 Å². The number of aliphatic hydroxyl groups excluding tert-OH is 1. The van der Waals surface area contributed by atoms with Crippen LogP contribution in [-0.2, 0) is 26.0 Å². The molecule has 4 aromatic rings. The molecule has 1 aliphatic heterocycles. The number of carboxylic acid groups (broad SMARTS) is 1. The molecule has 0 radical (unpaired) electrons. The first kappa shape index (κ1) is 22.7. The molecule has 1 aliphatic rings. The molecule has 0 amide bonds. The summed E-state index contributed by atoms with van der Waals surface area (Å²) in [6.45, 7) is 2.35. The maximum Gasteiger partial charge on any atom is 0.335 e. The standard InChI is InChI=1S/C28H25NO6/c1-2-18-12-25-26(35-16-34-25)13-20(18)14-29-23-9-4-3-8-21(23)27(31)22(24(29)15-30)11-17-6-5-7-19(10-17)28(32)33/h3-10,12-13,30H,2,11,14-16H2,1H3,(H,32,33). The Bertz CT molecular complexity index is 1500. The summed E-state index contributed by atoms with van der Waals surface area (Å²) >= 11 is 0. The van der Waals surface area contributed by atoms with Gasteiger partial charge in [0.25, 0.3) is 0 Å².